The molecule has 112 valence electrons. The molecule has 0 heterocycles. The van der Waals surface area contributed by atoms with Crippen LogP contribution in [0, 0.1) is 0 Å². The molecule has 0 amide bonds. The van der Waals surface area contributed by atoms with E-state index in [0.29, 0.717) is 6.42 Å². The quantitative estimate of drug-likeness (QED) is 0.310. The van der Waals surface area contributed by atoms with Crippen LogP contribution in [-0.2, 0) is 4.79 Å². The van der Waals surface area contributed by atoms with E-state index in [1.54, 1.807) is 6.08 Å². The molecular weight excluding hydrogens is 377 g/mol. The van der Waals surface area contributed by atoms with Gasteiger partial charge in [-0.25, -0.2) is 4.79 Å². The molecule has 0 aromatic rings. The summed E-state index contributed by atoms with van der Waals surface area (Å²) in [5.41, 5.74) is 0. The summed E-state index contributed by atoms with van der Waals surface area (Å²) < 4.78 is -6.55. The lowest BCUT2D eigenvalue weighted by Gasteiger charge is -2.38. The first-order chi connectivity index (χ1) is 8.50. The monoisotopic (exact) mass is 388 g/mol. The average molecular weight is 391 g/mol. The fraction of sp³-hybridized carbons (Fsp3) is 0.727. The molecule has 0 aromatic heterocycles. The van der Waals surface area contributed by atoms with Gasteiger partial charge in [0.25, 0.3) is 0 Å². The lowest BCUT2D eigenvalue weighted by molar-refractivity contribution is -0.138. The first kappa shape index (κ1) is 19.9. The first-order valence-electron chi connectivity index (χ1n) is 5.48. The summed E-state index contributed by atoms with van der Waals surface area (Å²) in [7, 11) is 0. The number of allylic oxidation sites excluding steroid dienone is 1. The van der Waals surface area contributed by atoms with Crippen molar-refractivity contribution in [2.75, 3.05) is 0 Å². The minimum atomic E-state index is -2.51. The third-order valence-corrected chi connectivity index (χ3v) is 6.34. The van der Waals surface area contributed by atoms with Gasteiger partial charge in [-0.15, -0.1) is 6.58 Å². The number of alkyl halides is 6. The number of unbranched alkanes of at least 4 members (excludes halogenated alkanes) is 3. The van der Waals surface area contributed by atoms with Crippen molar-refractivity contribution < 1.29 is 9.90 Å². The number of hydrogen-bond acceptors (Lipinski definition) is 1. The molecule has 1 N–H and O–H groups in total. The molecule has 0 unspecified atom stereocenters. The van der Waals surface area contributed by atoms with Crippen LogP contribution in [0.15, 0.2) is 12.7 Å². The maximum Gasteiger partial charge on any atom is 0.343 e. The molecule has 0 aliphatic rings. The SMILES string of the molecule is C=CCCCCCC(Cl)(Cl)C(Cl)(Cl)C(Cl)(Cl)C(=O)O. The van der Waals surface area contributed by atoms with Crippen molar-refractivity contribution in [2.24, 2.45) is 0 Å². The van der Waals surface area contributed by atoms with Crippen molar-refractivity contribution in [3.05, 3.63) is 12.7 Å². The molecule has 19 heavy (non-hydrogen) atoms. The number of aliphatic carboxylic acids is 1. The van der Waals surface area contributed by atoms with E-state index >= 15 is 0 Å². The molecule has 0 radical (unpaired) electrons. The van der Waals surface area contributed by atoms with E-state index in [1.807, 2.05) is 0 Å². The molecule has 0 saturated heterocycles. The van der Waals surface area contributed by atoms with Gasteiger partial charge < -0.3 is 5.11 Å². The van der Waals surface area contributed by atoms with Crippen molar-refractivity contribution >= 4 is 75.6 Å². The maximum absolute atomic E-state index is 11.0. The highest BCUT2D eigenvalue weighted by Crippen LogP contribution is 2.56. The van der Waals surface area contributed by atoms with Crippen LogP contribution in [0.4, 0.5) is 0 Å². The number of carboxylic acids is 1. The Kier molecular flexibility index (Phi) is 8.21. The summed E-state index contributed by atoms with van der Waals surface area (Å²) in [6, 6.07) is 0. The predicted octanol–water partition coefficient (Wildman–Crippen LogP) is 5.73. The minimum Gasteiger partial charge on any atom is -0.479 e. The Morgan fingerprint density at radius 2 is 1.58 bits per heavy atom. The van der Waals surface area contributed by atoms with Gasteiger partial charge in [0.1, 0.15) is 0 Å². The molecule has 0 spiro atoms. The van der Waals surface area contributed by atoms with Crippen molar-refractivity contribution in [3.8, 4) is 0 Å². The van der Waals surface area contributed by atoms with Crippen LogP contribution in [0.1, 0.15) is 32.1 Å². The second-order valence-electron chi connectivity index (χ2n) is 4.05. The van der Waals surface area contributed by atoms with Crippen molar-refractivity contribution in [3.63, 3.8) is 0 Å². The second-order valence-corrected chi connectivity index (χ2v) is 8.19. The lowest BCUT2D eigenvalue weighted by atomic mass is 10.1. The van der Waals surface area contributed by atoms with Crippen LogP contribution in [0.2, 0.25) is 0 Å². The normalized spacial score (nSPS) is 13.4. The zero-order valence-corrected chi connectivity index (χ0v) is 14.5. The van der Waals surface area contributed by atoms with Crippen molar-refractivity contribution in [1.82, 2.24) is 0 Å². The van der Waals surface area contributed by atoms with E-state index in [0.717, 1.165) is 19.3 Å². The molecule has 0 aliphatic carbocycles. The van der Waals surface area contributed by atoms with Crippen molar-refractivity contribution in [2.45, 2.75) is 45.1 Å². The Morgan fingerprint density at radius 3 is 2.00 bits per heavy atom. The van der Waals surface area contributed by atoms with Crippen LogP contribution >= 0.6 is 69.6 Å². The number of hydrogen-bond donors (Lipinski definition) is 1. The van der Waals surface area contributed by atoms with Crippen LogP contribution in [0.3, 0.4) is 0 Å². The van der Waals surface area contributed by atoms with Gasteiger partial charge in [-0.05, 0) is 19.3 Å². The largest absolute Gasteiger partial charge is 0.479 e. The third kappa shape index (κ3) is 5.01. The lowest BCUT2D eigenvalue weighted by Crippen LogP contribution is -2.53. The number of halogens is 6. The molecule has 0 atom stereocenters. The van der Waals surface area contributed by atoms with Gasteiger partial charge in [0.15, 0.2) is 8.67 Å². The van der Waals surface area contributed by atoms with E-state index < -0.39 is 19.0 Å². The van der Waals surface area contributed by atoms with Crippen LogP contribution in [0.25, 0.3) is 0 Å². The van der Waals surface area contributed by atoms with Gasteiger partial charge in [-0.3, -0.25) is 0 Å². The Hall–Kier alpha value is 0.950. The Morgan fingerprint density at radius 1 is 1.05 bits per heavy atom. The van der Waals surface area contributed by atoms with E-state index in [-0.39, 0.29) is 6.42 Å². The molecule has 0 fully saturated rings. The Bertz CT molecular complexity index is 327. The molecule has 0 aliphatic heterocycles. The van der Waals surface area contributed by atoms with Gasteiger partial charge in [0, 0.05) is 0 Å². The summed E-state index contributed by atoms with van der Waals surface area (Å²) >= 11 is 35.1. The Balaban J connectivity index is 4.69. The summed E-state index contributed by atoms with van der Waals surface area (Å²) in [6.45, 7) is 3.60. The predicted molar refractivity (Wildman–Crippen MR) is 84.2 cm³/mol. The van der Waals surface area contributed by atoms with E-state index in [2.05, 4.69) is 6.58 Å². The molecule has 0 rings (SSSR count). The Labute approximate surface area is 142 Å². The molecule has 2 nitrogen and oxygen atoms in total. The van der Waals surface area contributed by atoms with Gasteiger partial charge in [0.05, 0.1) is 0 Å². The zero-order chi connectivity index (χ0) is 15.3. The summed E-state index contributed by atoms with van der Waals surface area (Å²) in [5.74, 6) is -1.61. The fourth-order valence-corrected chi connectivity index (χ4v) is 2.75. The first-order valence-corrected chi connectivity index (χ1v) is 7.75. The average Bonchev–Trinajstić information content (AvgIpc) is 2.27. The topological polar surface area (TPSA) is 37.3 Å². The summed E-state index contributed by atoms with van der Waals surface area (Å²) in [5, 5.41) is 8.92. The van der Waals surface area contributed by atoms with Crippen molar-refractivity contribution in [1.29, 1.82) is 0 Å². The van der Waals surface area contributed by atoms with Gasteiger partial charge in [-0.2, -0.15) is 0 Å². The zero-order valence-electron chi connectivity index (χ0n) is 9.94. The highest BCUT2D eigenvalue weighted by molar-refractivity contribution is 6.73. The fourth-order valence-electron chi connectivity index (χ4n) is 1.33. The molecule has 0 aromatic carbocycles. The van der Waals surface area contributed by atoms with Crippen LogP contribution in [0.5, 0.6) is 0 Å². The smallest absolute Gasteiger partial charge is 0.343 e. The highest BCUT2D eigenvalue weighted by Gasteiger charge is 2.64. The molecule has 0 saturated carbocycles. The highest BCUT2D eigenvalue weighted by atomic mass is 35.5. The minimum absolute atomic E-state index is 0.161. The number of carboxylic acid groups (broad SMARTS) is 1. The third-order valence-electron chi connectivity index (χ3n) is 2.52. The molecule has 8 heteroatoms. The van der Waals surface area contributed by atoms with Crippen LogP contribution < -0.4 is 0 Å². The van der Waals surface area contributed by atoms with E-state index in [1.165, 1.54) is 0 Å². The van der Waals surface area contributed by atoms with Gasteiger partial charge in [0.2, 0.25) is 4.33 Å². The van der Waals surface area contributed by atoms with Gasteiger partial charge in [-0.1, -0.05) is 88.5 Å². The summed E-state index contributed by atoms with van der Waals surface area (Å²) in [4.78, 5) is 11.0. The second kappa shape index (κ2) is 7.82. The van der Waals surface area contributed by atoms with E-state index in [9.17, 15) is 4.79 Å². The summed E-state index contributed by atoms with van der Waals surface area (Å²) in [6.07, 6.45) is 5.17. The van der Waals surface area contributed by atoms with Gasteiger partial charge >= 0.3 is 5.97 Å². The standard InChI is InChI=1S/C11H14Cl6O2/c1-2-3-4-5-6-7-9(12,13)11(16,17)10(14,15)8(18)19/h2H,1,3-7H2,(H,18,19). The maximum atomic E-state index is 11.0. The molecular formula is C11H14Cl6O2. The molecule has 0 bridgehead atoms. The van der Waals surface area contributed by atoms with E-state index in [4.69, 9.17) is 74.7 Å². The number of rotatable bonds is 9. The van der Waals surface area contributed by atoms with Crippen LogP contribution in [-0.4, -0.2) is 24.1 Å². The number of carbonyl (C=O) groups is 1.